The lowest BCUT2D eigenvalue weighted by Gasteiger charge is -2.18. The van der Waals surface area contributed by atoms with Crippen LogP contribution >= 0.6 is 0 Å². The van der Waals surface area contributed by atoms with Gasteiger partial charge in [0.25, 0.3) is 0 Å². The van der Waals surface area contributed by atoms with Gasteiger partial charge in [-0.3, -0.25) is 14.4 Å². The van der Waals surface area contributed by atoms with Gasteiger partial charge < -0.3 is 14.2 Å². The van der Waals surface area contributed by atoms with E-state index in [-0.39, 0.29) is 31.1 Å². The van der Waals surface area contributed by atoms with Crippen LogP contribution < -0.4 is 0 Å². The Morgan fingerprint density at radius 2 is 0.514 bits per heavy atom. The minimum absolute atomic E-state index is 0.0756. The Bertz CT molecular complexity index is 1220. The average molecular weight is 982 g/mol. The maximum absolute atomic E-state index is 12.8. The van der Waals surface area contributed by atoms with Crippen molar-refractivity contribution in [3.63, 3.8) is 0 Å². The monoisotopic (exact) mass is 981 g/mol. The first-order valence-corrected chi connectivity index (χ1v) is 30.6. The Morgan fingerprint density at radius 1 is 0.286 bits per heavy atom. The summed E-state index contributed by atoms with van der Waals surface area (Å²) in [6.45, 7) is 6.63. The highest BCUT2D eigenvalue weighted by Crippen LogP contribution is 2.16. The van der Waals surface area contributed by atoms with Crippen molar-refractivity contribution < 1.29 is 28.6 Å². The fraction of sp³-hybridized carbons (Fsp3) is 0.828. The van der Waals surface area contributed by atoms with E-state index in [0.29, 0.717) is 19.3 Å². The minimum Gasteiger partial charge on any atom is -0.462 e. The molecular weight excluding hydrogens is 865 g/mol. The first-order valence-electron chi connectivity index (χ1n) is 30.6. The number of carbonyl (C=O) groups is 3. The van der Waals surface area contributed by atoms with Crippen LogP contribution in [0.1, 0.15) is 323 Å². The first kappa shape index (κ1) is 67.4. The Balaban J connectivity index is 4.24. The van der Waals surface area contributed by atoms with Crippen molar-refractivity contribution in [1.29, 1.82) is 0 Å². The van der Waals surface area contributed by atoms with E-state index in [4.69, 9.17) is 14.2 Å². The minimum atomic E-state index is -0.778. The van der Waals surface area contributed by atoms with Crippen LogP contribution in [0.2, 0.25) is 0 Å². The van der Waals surface area contributed by atoms with Gasteiger partial charge in [0.05, 0.1) is 0 Å². The second-order valence-corrected chi connectivity index (χ2v) is 20.6. The molecule has 0 aliphatic rings. The molecule has 1 atom stereocenters. The first-order chi connectivity index (χ1) is 34.5. The summed E-state index contributed by atoms with van der Waals surface area (Å²) in [5.41, 5.74) is 0. The maximum Gasteiger partial charge on any atom is 0.306 e. The number of ether oxygens (including phenoxy) is 3. The van der Waals surface area contributed by atoms with Crippen LogP contribution in [0.25, 0.3) is 0 Å². The van der Waals surface area contributed by atoms with E-state index < -0.39 is 6.10 Å². The Kier molecular flexibility index (Phi) is 56.7. The summed E-state index contributed by atoms with van der Waals surface area (Å²) >= 11 is 0. The lowest BCUT2D eigenvalue weighted by atomic mass is 10.0. The van der Waals surface area contributed by atoms with E-state index in [1.54, 1.807) is 0 Å². The molecule has 0 bridgehead atoms. The topological polar surface area (TPSA) is 78.9 Å². The number of allylic oxidation sites excluding steroid dienone is 8. The lowest BCUT2D eigenvalue weighted by Crippen LogP contribution is -2.30. The van der Waals surface area contributed by atoms with Crippen molar-refractivity contribution in [2.24, 2.45) is 0 Å². The summed E-state index contributed by atoms with van der Waals surface area (Å²) in [4.78, 5) is 38.2. The SMILES string of the molecule is CCCCCC/C=C\C/C=C\CCCCCCCC(=O)OC(COC(=O)CCCCCCCCCCCCC)COC(=O)CCCCCCCCCCCCCCC/C=C\C/C=C\CCCCCCC. The molecular formula is C64H116O6. The predicted molar refractivity (Wildman–Crippen MR) is 302 cm³/mol. The molecule has 0 aliphatic carbocycles. The molecule has 1 unspecified atom stereocenters. The number of carbonyl (C=O) groups excluding carboxylic acids is 3. The second kappa shape index (κ2) is 58.9. The third-order valence-corrected chi connectivity index (χ3v) is 13.6. The molecule has 0 spiro atoms. The Labute approximate surface area is 435 Å². The van der Waals surface area contributed by atoms with E-state index in [0.717, 1.165) is 89.9 Å². The normalized spacial score (nSPS) is 12.3. The zero-order valence-electron chi connectivity index (χ0n) is 46.8. The van der Waals surface area contributed by atoms with E-state index in [1.165, 1.54) is 193 Å². The summed E-state index contributed by atoms with van der Waals surface area (Å²) in [5.74, 6) is -0.875. The van der Waals surface area contributed by atoms with Crippen molar-refractivity contribution in [2.75, 3.05) is 13.2 Å². The van der Waals surface area contributed by atoms with Gasteiger partial charge in [-0.2, -0.15) is 0 Å². The molecule has 6 heteroatoms. The number of hydrogen-bond donors (Lipinski definition) is 0. The molecule has 0 fully saturated rings. The molecule has 0 aliphatic heterocycles. The van der Waals surface area contributed by atoms with Crippen molar-refractivity contribution in [3.05, 3.63) is 48.6 Å². The van der Waals surface area contributed by atoms with Crippen molar-refractivity contribution >= 4 is 17.9 Å². The van der Waals surface area contributed by atoms with E-state index in [9.17, 15) is 14.4 Å². The van der Waals surface area contributed by atoms with Crippen LogP contribution in [0.3, 0.4) is 0 Å². The molecule has 0 amide bonds. The predicted octanol–water partition coefficient (Wildman–Crippen LogP) is 20.6. The van der Waals surface area contributed by atoms with Crippen molar-refractivity contribution in [2.45, 2.75) is 329 Å². The van der Waals surface area contributed by atoms with Gasteiger partial charge in [-0.15, -0.1) is 0 Å². The molecule has 6 nitrogen and oxygen atoms in total. The molecule has 0 heterocycles. The third-order valence-electron chi connectivity index (χ3n) is 13.6. The van der Waals surface area contributed by atoms with Crippen molar-refractivity contribution in [1.82, 2.24) is 0 Å². The van der Waals surface area contributed by atoms with Crippen LogP contribution in [0.4, 0.5) is 0 Å². The van der Waals surface area contributed by atoms with Gasteiger partial charge in [-0.25, -0.2) is 0 Å². The maximum atomic E-state index is 12.8. The molecule has 0 radical (unpaired) electrons. The highest BCUT2D eigenvalue weighted by molar-refractivity contribution is 5.71. The zero-order valence-corrected chi connectivity index (χ0v) is 46.8. The molecule has 70 heavy (non-hydrogen) atoms. The van der Waals surface area contributed by atoms with Gasteiger partial charge in [0.1, 0.15) is 13.2 Å². The van der Waals surface area contributed by atoms with Crippen LogP contribution in [0.5, 0.6) is 0 Å². The molecule has 0 rings (SSSR count). The van der Waals surface area contributed by atoms with E-state index >= 15 is 0 Å². The summed E-state index contributed by atoms with van der Waals surface area (Å²) in [7, 11) is 0. The Hall–Kier alpha value is -2.63. The van der Waals surface area contributed by atoms with Gasteiger partial charge in [0, 0.05) is 19.3 Å². The number of unbranched alkanes of at least 4 members (excludes halogenated alkanes) is 37. The lowest BCUT2D eigenvalue weighted by molar-refractivity contribution is -0.167. The molecule has 0 saturated heterocycles. The summed E-state index contributed by atoms with van der Waals surface area (Å²) in [6, 6.07) is 0. The molecule has 408 valence electrons. The number of rotatable bonds is 56. The van der Waals surface area contributed by atoms with Gasteiger partial charge in [0.15, 0.2) is 6.10 Å². The fourth-order valence-corrected chi connectivity index (χ4v) is 8.92. The second-order valence-electron chi connectivity index (χ2n) is 20.6. The van der Waals surface area contributed by atoms with Crippen LogP contribution in [0.15, 0.2) is 48.6 Å². The highest BCUT2D eigenvalue weighted by atomic mass is 16.6. The number of esters is 3. The summed E-state index contributed by atoms with van der Waals surface area (Å²) < 4.78 is 16.9. The quantitative estimate of drug-likeness (QED) is 0.0261. The highest BCUT2D eigenvalue weighted by Gasteiger charge is 2.19. The Morgan fingerprint density at radius 3 is 0.800 bits per heavy atom. The van der Waals surface area contributed by atoms with E-state index in [1.807, 2.05) is 0 Å². The summed E-state index contributed by atoms with van der Waals surface area (Å²) in [5, 5.41) is 0. The van der Waals surface area contributed by atoms with Crippen molar-refractivity contribution in [3.8, 4) is 0 Å². The molecule has 0 N–H and O–H groups in total. The zero-order chi connectivity index (χ0) is 50.7. The third kappa shape index (κ3) is 56.3. The molecule has 0 aromatic rings. The van der Waals surface area contributed by atoms with Gasteiger partial charge in [-0.05, 0) is 83.5 Å². The standard InChI is InChI=1S/C64H116O6/c1-4-7-10-13-16-19-22-24-26-28-29-30-31-32-33-34-35-36-38-39-42-45-48-51-54-57-63(66)69-60-61(59-68-62(65)56-53-50-47-44-41-21-18-15-12-9-6-3)70-64(67)58-55-52-49-46-43-40-37-27-25-23-20-17-14-11-8-5-2/h20,22-24,27-29,37,61H,4-19,21,25-26,30-36,38-60H2,1-3H3/b23-20-,24-22-,29-28-,37-27-. The van der Waals surface area contributed by atoms with E-state index in [2.05, 4.69) is 69.4 Å². The summed E-state index contributed by atoms with van der Waals surface area (Å²) in [6.07, 6.45) is 72.6. The van der Waals surface area contributed by atoms with Gasteiger partial charge >= 0.3 is 17.9 Å². The molecule has 0 saturated carbocycles. The smallest absolute Gasteiger partial charge is 0.306 e. The van der Waals surface area contributed by atoms with Gasteiger partial charge in [0.2, 0.25) is 0 Å². The molecule has 0 aromatic heterocycles. The largest absolute Gasteiger partial charge is 0.462 e. The van der Waals surface area contributed by atoms with Crippen LogP contribution in [-0.4, -0.2) is 37.2 Å². The molecule has 0 aromatic carbocycles. The van der Waals surface area contributed by atoms with Crippen LogP contribution in [0, 0.1) is 0 Å². The van der Waals surface area contributed by atoms with Gasteiger partial charge in [-0.1, -0.05) is 268 Å². The number of hydrogen-bond acceptors (Lipinski definition) is 6. The average Bonchev–Trinajstić information content (AvgIpc) is 3.36. The van der Waals surface area contributed by atoms with Crippen LogP contribution in [-0.2, 0) is 28.6 Å². The fourth-order valence-electron chi connectivity index (χ4n) is 8.92.